The molecule has 2 N–H and O–H groups in total. The van der Waals surface area contributed by atoms with Gasteiger partial charge in [-0.15, -0.1) is 0 Å². The first-order valence-electron chi connectivity index (χ1n) is 6.46. The van der Waals surface area contributed by atoms with Gasteiger partial charge in [-0.2, -0.15) is 5.10 Å². The molecule has 108 valence electrons. The van der Waals surface area contributed by atoms with E-state index in [1.165, 1.54) is 12.5 Å². The zero-order valence-electron chi connectivity index (χ0n) is 11.5. The maximum atomic E-state index is 11.6. The van der Waals surface area contributed by atoms with Crippen molar-refractivity contribution >= 4 is 23.7 Å². The first kappa shape index (κ1) is 14.5. The number of benzene rings is 1. The van der Waals surface area contributed by atoms with Crippen molar-refractivity contribution in [3.63, 3.8) is 0 Å². The van der Waals surface area contributed by atoms with E-state index in [9.17, 15) is 9.59 Å². The second kappa shape index (κ2) is 7.04. The van der Waals surface area contributed by atoms with Gasteiger partial charge in [0.15, 0.2) is 0 Å². The van der Waals surface area contributed by atoms with Crippen LogP contribution in [0.25, 0.3) is 0 Å². The van der Waals surface area contributed by atoms with Gasteiger partial charge in [-0.25, -0.2) is 5.43 Å². The number of furan rings is 1. The Morgan fingerprint density at radius 2 is 1.95 bits per heavy atom. The van der Waals surface area contributed by atoms with Crippen LogP contribution in [0.4, 0.5) is 5.69 Å². The van der Waals surface area contributed by atoms with Crippen LogP contribution < -0.4 is 10.7 Å². The van der Waals surface area contributed by atoms with Gasteiger partial charge in [0.25, 0.3) is 0 Å². The molecule has 6 nitrogen and oxygen atoms in total. The molecule has 21 heavy (non-hydrogen) atoms. The maximum Gasteiger partial charge on any atom is 0.329 e. The van der Waals surface area contributed by atoms with Crippen molar-refractivity contribution in [1.82, 2.24) is 5.43 Å². The van der Waals surface area contributed by atoms with Crippen LogP contribution in [-0.2, 0) is 16.0 Å². The summed E-state index contributed by atoms with van der Waals surface area (Å²) in [7, 11) is 0. The second-order valence-electron chi connectivity index (χ2n) is 4.22. The minimum atomic E-state index is -0.850. The van der Waals surface area contributed by atoms with E-state index >= 15 is 0 Å². The molecule has 0 spiro atoms. The fourth-order valence-electron chi connectivity index (χ4n) is 1.58. The molecule has 2 rings (SSSR count). The van der Waals surface area contributed by atoms with Crippen molar-refractivity contribution in [2.45, 2.75) is 13.3 Å². The lowest BCUT2D eigenvalue weighted by atomic mass is 10.1. The second-order valence-corrected chi connectivity index (χ2v) is 4.22. The van der Waals surface area contributed by atoms with E-state index in [0.717, 1.165) is 12.0 Å². The molecule has 0 aliphatic heterocycles. The predicted octanol–water partition coefficient (Wildman–Crippen LogP) is 1.93. The van der Waals surface area contributed by atoms with Gasteiger partial charge >= 0.3 is 11.8 Å². The Bertz CT molecular complexity index is 631. The molecule has 1 heterocycles. The average Bonchev–Trinajstić information content (AvgIpc) is 3.01. The highest BCUT2D eigenvalue weighted by Gasteiger charge is 2.12. The number of anilines is 1. The largest absolute Gasteiger partial charge is 0.463 e. The number of nitrogens with one attached hydrogen (secondary N) is 2. The lowest BCUT2D eigenvalue weighted by molar-refractivity contribution is -0.136. The molecule has 1 aromatic heterocycles. The Kier molecular flexibility index (Phi) is 4.87. The number of hydrogen-bond acceptors (Lipinski definition) is 4. The molecule has 0 radical (unpaired) electrons. The summed E-state index contributed by atoms with van der Waals surface area (Å²) in [6.07, 6.45) is 3.70. The molecule has 0 aliphatic rings. The third kappa shape index (κ3) is 4.31. The maximum absolute atomic E-state index is 11.6. The third-order valence-electron chi connectivity index (χ3n) is 2.73. The van der Waals surface area contributed by atoms with Crippen molar-refractivity contribution in [2.24, 2.45) is 5.10 Å². The summed E-state index contributed by atoms with van der Waals surface area (Å²) in [6.45, 7) is 2.04. The van der Waals surface area contributed by atoms with Crippen molar-refractivity contribution in [3.8, 4) is 0 Å². The van der Waals surface area contributed by atoms with Gasteiger partial charge in [0.2, 0.25) is 0 Å². The fraction of sp³-hybridized carbons (Fsp3) is 0.133. The van der Waals surface area contributed by atoms with Crippen LogP contribution in [0.5, 0.6) is 0 Å². The summed E-state index contributed by atoms with van der Waals surface area (Å²) >= 11 is 0. The number of carbonyl (C=O) groups is 2. The molecule has 0 unspecified atom stereocenters. The van der Waals surface area contributed by atoms with Crippen molar-refractivity contribution in [3.05, 3.63) is 54.0 Å². The summed E-state index contributed by atoms with van der Waals surface area (Å²) in [5.41, 5.74) is 3.83. The summed E-state index contributed by atoms with van der Waals surface area (Å²) in [5, 5.41) is 6.11. The van der Waals surface area contributed by atoms with Gasteiger partial charge in [0.05, 0.1) is 12.5 Å². The van der Waals surface area contributed by atoms with Crippen LogP contribution in [0.1, 0.15) is 18.2 Å². The quantitative estimate of drug-likeness (QED) is 0.511. The number of nitrogens with zero attached hydrogens (tertiary/aromatic N) is 1. The zero-order chi connectivity index (χ0) is 15.1. The van der Waals surface area contributed by atoms with Crippen molar-refractivity contribution < 1.29 is 14.0 Å². The van der Waals surface area contributed by atoms with Crippen LogP contribution in [0, 0.1) is 0 Å². The number of amides is 2. The summed E-state index contributed by atoms with van der Waals surface area (Å²) < 4.78 is 4.99. The van der Waals surface area contributed by atoms with Gasteiger partial charge in [-0.3, -0.25) is 9.59 Å². The van der Waals surface area contributed by atoms with Crippen LogP contribution in [0.2, 0.25) is 0 Å². The molecule has 0 atom stereocenters. The van der Waals surface area contributed by atoms with Crippen LogP contribution in [-0.4, -0.2) is 18.0 Å². The molecule has 1 aromatic carbocycles. The summed E-state index contributed by atoms with van der Waals surface area (Å²) in [5.74, 6) is -1.15. The van der Waals surface area contributed by atoms with E-state index in [1.807, 2.05) is 19.1 Å². The smallest absolute Gasteiger partial charge is 0.329 e. The van der Waals surface area contributed by atoms with E-state index < -0.39 is 11.8 Å². The van der Waals surface area contributed by atoms with Gasteiger partial charge in [-0.05, 0) is 36.2 Å². The number of rotatable bonds is 4. The molecule has 6 heteroatoms. The molecular weight excluding hydrogens is 270 g/mol. The van der Waals surface area contributed by atoms with E-state index in [1.54, 1.807) is 24.3 Å². The normalized spacial score (nSPS) is 10.5. The molecule has 0 aliphatic carbocycles. The minimum absolute atomic E-state index is 0.478. The van der Waals surface area contributed by atoms with Gasteiger partial charge in [-0.1, -0.05) is 19.1 Å². The molecule has 0 saturated heterocycles. The SMILES string of the molecule is CCc1ccc(NC(=O)C(=O)NN=Cc2ccco2)cc1. The van der Waals surface area contributed by atoms with Crippen molar-refractivity contribution in [1.29, 1.82) is 0 Å². The molecule has 2 aromatic rings. The van der Waals surface area contributed by atoms with Gasteiger partial charge in [0, 0.05) is 5.69 Å². The number of hydrazone groups is 1. The molecular formula is C15H15N3O3. The highest BCUT2D eigenvalue weighted by Crippen LogP contribution is 2.09. The minimum Gasteiger partial charge on any atom is -0.463 e. The predicted molar refractivity (Wildman–Crippen MR) is 78.9 cm³/mol. The van der Waals surface area contributed by atoms with Gasteiger partial charge in [0.1, 0.15) is 5.76 Å². The van der Waals surface area contributed by atoms with E-state index in [4.69, 9.17) is 4.42 Å². The van der Waals surface area contributed by atoms with Crippen LogP contribution in [0.15, 0.2) is 52.2 Å². The highest BCUT2D eigenvalue weighted by molar-refractivity contribution is 6.39. The molecule has 2 amide bonds. The van der Waals surface area contributed by atoms with E-state index in [2.05, 4.69) is 15.8 Å². The Labute approximate surface area is 121 Å². The first-order chi connectivity index (χ1) is 10.2. The summed E-state index contributed by atoms with van der Waals surface area (Å²) in [6, 6.07) is 10.6. The number of aryl methyl sites for hydroxylation is 1. The highest BCUT2D eigenvalue weighted by atomic mass is 16.3. The third-order valence-corrected chi connectivity index (χ3v) is 2.73. The lowest BCUT2D eigenvalue weighted by Crippen LogP contribution is -2.32. The topological polar surface area (TPSA) is 83.7 Å². The number of hydrogen-bond donors (Lipinski definition) is 2. The van der Waals surface area contributed by atoms with Crippen LogP contribution >= 0.6 is 0 Å². The average molecular weight is 285 g/mol. The van der Waals surface area contributed by atoms with Crippen LogP contribution in [0.3, 0.4) is 0 Å². The summed E-state index contributed by atoms with van der Waals surface area (Å²) in [4.78, 5) is 23.2. The lowest BCUT2D eigenvalue weighted by Gasteiger charge is -2.04. The monoisotopic (exact) mass is 285 g/mol. The Balaban J connectivity index is 1.85. The van der Waals surface area contributed by atoms with Gasteiger partial charge < -0.3 is 9.73 Å². The standard InChI is InChI=1S/C15H15N3O3/c1-2-11-5-7-12(8-6-11)17-14(19)15(20)18-16-10-13-4-3-9-21-13/h3-10H,2H2,1H3,(H,17,19)(H,18,20). The van der Waals surface area contributed by atoms with Crippen molar-refractivity contribution in [2.75, 3.05) is 5.32 Å². The Morgan fingerprint density at radius 3 is 2.57 bits per heavy atom. The Morgan fingerprint density at radius 1 is 1.19 bits per heavy atom. The van der Waals surface area contributed by atoms with E-state index in [-0.39, 0.29) is 0 Å². The fourth-order valence-corrected chi connectivity index (χ4v) is 1.58. The molecule has 0 fully saturated rings. The zero-order valence-corrected chi connectivity index (χ0v) is 11.5. The number of carbonyl (C=O) groups excluding carboxylic acids is 2. The molecule has 0 bridgehead atoms. The Hall–Kier alpha value is -2.89. The molecule has 0 saturated carbocycles. The first-order valence-corrected chi connectivity index (χ1v) is 6.46. The van der Waals surface area contributed by atoms with E-state index in [0.29, 0.717) is 11.4 Å².